The molecule has 0 spiro atoms. The fraction of sp³-hybridized carbons (Fsp3) is 0. The Kier molecular flexibility index (Phi) is 4.69. The average molecular weight is 360 g/mol. The van der Waals surface area contributed by atoms with E-state index in [2.05, 4.69) is 0 Å². The summed E-state index contributed by atoms with van der Waals surface area (Å²) in [4.78, 5) is 10.9. The van der Waals surface area contributed by atoms with Gasteiger partial charge >= 0.3 is 0 Å². The molecule has 3 rings (SSSR count). The second-order valence-electron chi connectivity index (χ2n) is 4.98. The minimum Gasteiger partial charge on any atom is -0.456 e. The molecule has 0 unspecified atom stereocenters. The van der Waals surface area contributed by atoms with Gasteiger partial charge in [0.25, 0.3) is 5.70 Å². The number of benzene rings is 2. The van der Waals surface area contributed by atoms with Gasteiger partial charge in [0.2, 0.25) is 0 Å². The maximum atomic E-state index is 11.3. The molecule has 1 aromatic heterocycles. The largest absolute Gasteiger partial charge is 0.456 e. The van der Waals surface area contributed by atoms with E-state index in [-0.39, 0.29) is 5.70 Å². The van der Waals surface area contributed by atoms with Gasteiger partial charge < -0.3 is 4.42 Å². The van der Waals surface area contributed by atoms with Crippen molar-refractivity contribution < 1.29 is 9.34 Å². The van der Waals surface area contributed by atoms with Crippen LogP contribution in [0.15, 0.2) is 65.1 Å². The van der Waals surface area contributed by atoms with Gasteiger partial charge in [-0.25, -0.2) is 0 Å². The zero-order valence-corrected chi connectivity index (χ0v) is 13.8. The van der Waals surface area contributed by atoms with Crippen molar-refractivity contribution >= 4 is 35.0 Å². The van der Waals surface area contributed by atoms with E-state index in [4.69, 9.17) is 27.6 Å². The highest BCUT2D eigenvalue weighted by molar-refractivity contribution is 6.35. The third kappa shape index (κ3) is 3.50. The maximum Gasteiger partial charge on any atom is 0.280 e. The van der Waals surface area contributed by atoms with Gasteiger partial charge in [-0.2, -0.15) is 0 Å². The number of hydrogen-bond acceptors (Lipinski definition) is 3. The Hall–Kier alpha value is -2.56. The first kappa shape index (κ1) is 16.3. The fourth-order valence-electron chi connectivity index (χ4n) is 2.25. The SMILES string of the molecule is O=[N+]([O-])C(=Cc1ccc(-c2cc(Cl)ccc2Cl)o1)c1ccccc1. The van der Waals surface area contributed by atoms with Crippen molar-refractivity contribution in [3.8, 4) is 11.3 Å². The van der Waals surface area contributed by atoms with Gasteiger partial charge in [0.1, 0.15) is 11.5 Å². The lowest BCUT2D eigenvalue weighted by atomic mass is 10.1. The van der Waals surface area contributed by atoms with Crippen LogP contribution in [0, 0.1) is 10.1 Å². The molecule has 0 radical (unpaired) electrons. The van der Waals surface area contributed by atoms with Crippen molar-refractivity contribution in [3.05, 3.63) is 92.1 Å². The summed E-state index contributed by atoms with van der Waals surface area (Å²) in [5.74, 6) is 0.848. The molecule has 1 heterocycles. The maximum absolute atomic E-state index is 11.3. The molecule has 2 aromatic carbocycles. The van der Waals surface area contributed by atoms with Crippen molar-refractivity contribution in [3.63, 3.8) is 0 Å². The third-order valence-electron chi connectivity index (χ3n) is 3.37. The van der Waals surface area contributed by atoms with Crippen LogP contribution in [0.25, 0.3) is 23.1 Å². The molecule has 120 valence electrons. The number of furan rings is 1. The van der Waals surface area contributed by atoms with E-state index in [1.54, 1.807) is 60.7 Å². The van der Waals surface area contributed by atoms with Crippen molar-refractivity contribution in [2.75, 3.05) is 0 Å². The molecule has 0 aliphatic rings. The number of nitrogens with zero attached hydrogens (tertiary/aromatic N) is 1. The topological polar surface area (TPSA) is 56.3 Å². The first-order valence-corrected chi connectivity index (χ1v) is 7.77. The Labute approximate surface area is 148 Å². The smallest absolute Gasteiger partial charge is 0.280 e. The molecule has 0 amide bonds. The van der Waals surface area contributed by atoms with Crippen molar-refractivity contribution in [1.29, 1.82) is 0 Å². The van der Waals surface area contributed by atoms with E-state index in [1.165, 1.54) is 6.08 Å². The van der Waals surface area contributed by atoms with Gasteiger partial charge in [-0.15, -0.1) is 0 Å². The predicted molar refractivity (Wildman–Crippen MR) is 95.5 cm³/mol. The lowest BCUT2D eigenvalue weighted by molar-refractivity contribution is -0.374. The molecule has 0 aliphatic carbocycles. The highest BCUT2D eigenvalue weighted by Gasteiger charge is 2.16. The Morgan fingerprint density at radius 3 is 2.50 bits per heavy atom. The summed E-state index contributed by atoms with van der Waals surface area (Å²) in [5, 5.41) is 12.4. The molecular formula is C18H11Cl2NO3. The van der Waals surface area contributed by atoms with Crippen LogP contribution in [-0.2, 0) is 0 Å². The molecule has 6 heteroatoms. The summed E-state index contributed by atoms with van der Waals surface area (Å²) in [6.07, 6.45) is 1.39. The molecule has 0 N–H and O–H groups in total. The van der Waals surface area contributed by atoms with Crippen LogP contribution in [0.1, 0.15) is 11.3 Å². The van der Waals surface area contributed by atoms with Crippen molar-refractivity contribution in [2.45, 2.75) is 0 Å². The van der Waals surface area contributed by atoms with Crippen LogP contribution in [0.2, 0.25) is 10.0 Å². The summed E-state index contributed by atoms with van der Waals surface area (Å²) in [5.41, 5.74) is 1.08. The van der Waals surface area contributed by atoms with Gasteiger partial charge in [-0.1, -0.05) is 41.4 Å². The highest BCUT2D eigenvalue weighted by Crippen LogP contribution is 2.32. The van der Waals surface area contributed by atoms with E-state index < -0.39 is 4.92 Å². The molecule has 24 heavy (non-hydrogen) atoms. The molecule has 0 bridgehead atoms. The number of halogens is 2. The van der Waals surface area contributed by atoms with E-state index >= 15 is 0 Å². The second kappa shape index (κ2) is 6.91. The number of hydrogen-bond donors (Lipinski definition) is 0. The van der Waals surface area contributed by atoms with E-state index in [1.807, 2.05) is 0 Å². The summed E-state index contributed by atoms with van der Waals surface area (Å²) >= 11 is 12.1. The summed E-state index contributed by atoms with van der Waals surface area (Å²) in [7, 11) is 0. The molecule has 0 atom stereocenters. The standard InChI is InChI=1S/C18H11Cl2NO3/c19-13-6-8-16(20)15(10-13)18-9-7-14(24-18)11-17(21(22)23)12-4-2-1-3-5-12/h1-11H. The van der Waals surface area contributed by atoms with Crippen LogP contribution in [0.4, 0.5) is 0 Å². The summed E-state index contributed by atoms with van der Waals surface area (Å²) in [6.45, 7) is 0. The average Bonchev–Trinajstić information content (AvgIpc) is 3.04. The predicted octanol–water partition coefficient (Wildman–Crippen LogP) is 6.03. The Morgan fingerprint density at radius 2 is 1.79 bits per heavy atom. The molecule has 0 fully saturated rings. The number of nitro groups is 1. The molecule has 0 aliphatic heterocycles. The van der Waals surface area contributed by atoms with Crippen LogP contribution in [0.5, 0.6) is 0 Å². The zero-order chi connectivity index (χ0) is 17.1. The Morgan fingerprint density at radius 1 is 1.04 bits per heavy atom. The summed E-state index contributed by atoms with van der Waals surface area (Å²) in [6, 6.07) is 17.0. The van der Waals surface area contributed by atoms with E-state index in [9.17, 15) is 10.1 Å². The van der Waals surface area contributed by atoms with Crippen LogP contribution >= 0.6 is 23.2 Å². The molecule has 0 saturated carbocycles. The van der Waals surface area contributed by atoms with Gasteiger partial charge in [-0.3, -0.25) is 10.1 Å². The first-order chi connectivity index (χ1) is 11.5. The summed E-state index contributed by atoms with van der Waals surface area (Å²) < 4.78 is 5.68. The van der Waals surface area contributed by atoms with E-state index in [0.29, 0.717) is 32.7 Å². The second-order valence-corrected chi connectivity index (χ2v) is 5.82. The normalized spacial score (nSPS) is 11.5. The molecule has 0 saturated heterocycles. The Balaban J connectivity index is 2.00. The minimum atomic E-state index is -0.441. The quantitative estimate of drug-likeness (QED) is 0.422. The molecule has 3 aromatic rings. The fourth-order valence-corrected chi connectivity index (χ4v) is 2.63. The van der Waals surface area contributed by atoms with Gasteiger partial charge in [0.05, 0.1) is 21.6 Å². The first-order valence-electron chi connectivity index (χ1n) is 7.01. The number of rotatable bonds is 4. The van der Waals surface area contributed by atoms with Gasteiger partial charge in [0, 0.05) is 10.6 Å². The third-order valence-corrected chi connectivity index (χ3v) is 3.93. The highest BCUT2D eigenvalue weighted by atomic mass is 35.5. The lowest BCUT2D eigenvalue weighted by Gasteiger charge is -2.01. The van der Waals surface area contributed by atoms with Crippen molar-refractivity contribution in [1.82, 2.24) is 0 Å². The molecular weight excluding hydrogens is 349 g/mol. The Bertz CT molecular complexity index is 917. The van der Waals surface area contributed by atoms with E-state index in [0.717, 1.165) is 0 Å². The van der Waals surface area contributed by atoms with Gasteiger partial charge in [-0.05, 0) is 42.5 Å². The minimum absolute atomic E-state index is 0.0475. The molecule has 4 nitrogen and oxygen atoms in total. The lowest BCUT2D eigenvalue weighted by Crippen LogP contribution is -1.97. The van der Waals surface area contributed by atoms with Gasteiger partial charge in [0.15, 0.2) is 0 Å². The zero-order valence-electron chi connectivity index (χ0n) is 12.3. The van der Waals surface area contributed by atoms with Crippen LogP contribution in [-0.4, -0.2) is 4.92 Å². The van der Waals surface area contributed by atoms with Crippen LogP contribution in [0.3, 0.4) is 0 Å². The van der Waals surface area contributed by atoms with Crippen LogP contribution < -0.4 is 0 Å². The van der Waals surface area contributed by atoms with Crippen molar-refractivity contribution in [2.24, 2.45) is 0 Å². The monoisotopic (exact) mass is 359 g/mol.